The van der Waals surface area contributed by atoms with Gasteiger partial charge in [0.05, 0.1) is 11.3 Å². The molecular formula is C18H14ClN5. The smallest absolute Gasteiger partial charge is 0.136 e. The number of hydrogen-bond acceptors (Lipinski definition) is 5. The molecule has 0 amide bonds. The van der Waals surface area contributed by atoms with E-state index in [1.54, 1.807) is 24.3 Å². The summed E-state index contributed by atoms with van der Waals surface area (Å²) in [6.45, 7) is 1.81. The fraction of sp³-hybridized carbons (Fsp3) is 0.0556. The zero-order valence-corrected chi connectivity index (χ0v) is 13.7. The first-order valence-electron chi connectivity index (χ1n) is 7.28. The lowest BCUT2D eigenvalue weighted by molar-refractivity contribution is 1.06. The van der Waals surface area contributed by atoms with E-state index in [0.717, 1.165) is 5.69 Å². The van der Waals surface area contributed by atoms with Gasteiger partial charge in [0.25, 0.3) is 0 Å². The fourth-order valence-corrected chi connectivity index (χ4v) is 2.33. The Morgan fingerprint density at radius 3 is 2.33 bits per heavy atom. The second-order valence-corrected chi connectivity index (χ2v) is 5.54. The van der Waals surface area contributed by atoms with Gasteiger partial charge in [-0.2, -0.15) is 5.26 Å². The van der Waals surface area contributed by atoms with E-state index in [1.165, 1.54) is 0 Å². The summed E-state index contributed by atoms with van der Waals surface area (Å²) in [4.78, 5) is 8.74. The molecule has 6 heteroatoms. The van der Waals surface area contributed by atoms with Crippen LogP contribution in [-0.4, -0.2) is 9.97 Å². The highest BCUT2D eigenvalue weighted by atomic mass is 35.5. The largest absolute Gasteiger partial charge is 0.340 e. The Hall–Kier alpha value is -3.10. The zero-order valence-electron chi connectivity index (χ0n) is 12.9. The first-order chi connectivity index (χ1) is 11.6. The molecule has 2 aromatic carbocycles. The monoisotopic (exact) mass is 335 g/mol. The number of aromatic nitrogens is 2. The molecular weight excluding hydrogens is 322 g/mol. The summed E-state index contributed by atoms with van der Waals surface area (Å²) in [6, 6.07) is 18.6. The highest BCUT2D eigenvalue weighted by Crippen LogP contribution is 2.23. The molecule has 3 rings (SSSR count). The molecule has 2 N–H and O–H groups in total. The summed E-state index contributed by atoms with van der Waals surface area (Å²) in [7, 11) is 0. The molecule has 0 aliphatic rings. The molecule has 3 aromatic rings. The van der Waals surface area contributed by atoms with Gasteiger partial charge >= 0.3 is 0 Å². The van der Waals surface area contributed by atoms with Gasteiger partial charge in [0.15, 0.2) is 0 Å². The summed E-state index contributed by atoms with van der Waals surface area (Å²) in [5.41, 5.74) is 2.14. The molecule has 0 aliphatic heterocycles. The summed E-state index contributed by atoms with van der Waals surface area (Å²) in [5, 5.41) is 16.2. The van der Waals surface area contributed by atoms with E-state index >= 15 is 0 Å². The molecule has 24 heavy (non-hydrogen) atoms. The number of nitriles is 1. The van der Waals surface area contributed by atoms with Gasteiger partial charge in [0.2, 0.25) is 0 Å². The predicted molar refractivity (Wildman–Crippen MR) is 95.9 cm³/mol. The summed E-state index contributed by atoms with van der Waals surface area (Å²) in [5.74, 6) is 1.88. The number of hydrogen-bond donors (Lipinski definition) is 2. The van der Waals surface area contributed by atoms with Gasteiger partial charge in [0, 0.05) is 16.8 Å². The van der Waals surface area contributed by atoms with Crippen LogP contribution in [0.2, 0.25) is 5.02 Å². The molecule has 5 nitrogen and oxygen atoms in total. The Balaban J connectivity index is 1.86. The first-order valence-corrected chi connectivity index (χ1v) is 7.66. The van der Waals surface area contributed by atoms with Crippen LogP contribution in [-0.2, 0) is 0 Å². The van der Waals surface area contributed by atoms with E-state index < -0.39 is 0 Å². The van der Waals surface area contributed by atoms with E-state index in [2.05, 4.69) is 26.7 Å². The summed E-state index contributed by atoms with van der Waals surface area (Å²) >= 11 is 5.89. The molecule has 0 radical (unpaired) electrons. The molecule has 0 bridgehead atoms. The third kappa shape index (κ3) is 3.80. The molecule has 1 aromatic heterocycles. The van der Waals surface area contributed by atoms with Crippen LogP contribution in [0.4, 0.5) is 23.0 Å². The van der Waals surface area contributed by atoms with Crippen LogP contribution in [0.25, 0.3) is 0 Å². The second-order valence-electron chi connectivity index (χ2n) is 5.10. The van der Waals surface area contributed by atoms with E-state index in [0.29, 0.717) is 33.7 Å². The maximum absolute atomic E-state index is 9.18. The maximum atomic E-state index is 9.18. The molecule has 0 unspecified atom stereocenters. The zero-order chi connectivity index (χ0) is 16.9. The average molecular weight is 336 g/mol. The maximum Gasteiger partial charge on any atom is 0.136 e. The number of nitrogens with one attached hydrogen (secondary N) is 2. The van der Waals surface area contributed by atoms with Gasteiger partial charge in [-0.25, -0.2) is 9.97 Å². The quantitative estimate of drug-likeness (QED) is 0.716. The minimum absolute atomic E-state index is 0.556. The minimum atomic E-state index is 0.556. The molecule has 0 atom stereocenters. The first kappa shape index (κ1) is 15.8. The average Bonchev–Trinajstić information content (AvgIpc) is 2.57. The lowest BCUT2D eigenvalue weighted by atomic mass is 10.2. The van der Waals surface area contributed by atoms with Gasteiger partial charge < -0.3 is 10.6 Å². The van der Waals surface area contributed by atoms with Crippen molar-refractivity contribution in [1.82, 2.24) is 9.97 Å². The number of aryl methyl sites for hydroxylation is 1. The second kappa shape index (κ2) is 6.99. The molecule has 0 fully saturated rings. The van der Waals surface area contributed by atoms with Crippen molar-refractivity contribution in [2.45, 2.75) is 6.92 Å². The van der Waals surface area contributed by atoms with Crippen molar-refractivity contribution in [3.05, 3.63) is 71.0 Å². The number of anilines is 4. The Kier molecular flexibility index (Phi) is 4.59. The van der Waals surface area contributed by atoms with Gasteiger partial charge in [-0.3, -0.25) is 0 Å². The van der Waals surface area contributed by atoms with Crippen molar-refractivity contribution in [2.75, 3.05) is 10.6 Å². The van der Waals surface area contributed by atoms with Crippen molar-refractivity contribution in [3.63, 3.8) is 0 Å². The summed E-state index contributed by atoms with van der Waals surface area (Å²) < 4.78 is 0. The summed E-state index contributed by atoms with van der Waals surface area (Å²) in [6.07, 6.45) is 0. The van der Waals surface area contributed by atoms with Crippen LogP contribution in [0.3, 0.4) is 0 Å². The molecule has 0 aliphatic carbocycles. The van der Waals surface area contributed by atoms with Crippen molar-refractivity contribution >= 4 is 34.6 Å². The number of benzene rings is 2. The molecule has 118 valence electrons. The normalized spacial score (nSPS) is 10.0. The van der Waals surface area contributed by atoms with Crippen LogP contribution in [0.15, 0.2) is 54.6 Å². The predicted octanol–water partition coefficient (Wildman–Crippen LogP) is 4.80. The number of halogens is 1. The highest BCUT2D eigenvalue weighted by Gasteiger charge is 2.06. The third-order valence-corrected chi connectivity index (χ3v) is 3.52. The Bertz CT molecular complexity index is 900. The molecule has 1 heterocycles. The van der Waals surface area contributed by atoms with Gasteiger partial charge in [-0.05, 0) is 43.3 Å². The Morgan fingerprint density at radius 1 is 0.958 bits per heavy atom. The van der Waals surface area contributed by atoms with Crippen molar-refractivity contribution in [3.8, 4) is 6.07 Å². The van der Waals surface area contributed by atoms with E-state index in [9.17, 15) is 5.26 Å². The van der Waals surface area contributed by atoms with Gasteiger partial charge in [0.1, 0.15) is 23.5 Å². The van der Waals surface area contributed by atoms with Crippen molar-refractivity contribution in [1.29, 1.82) is 5.26 Å². The van der Waals surface area contributed by atoms with Crippen LogP contribution in [0.1, 0.15) is 11.4 Å². The lowest BCUT2D eigenvalue weighted by Gasteiger charge is -2.11. The lowest BCUT2D eigenvalue weighted by Crippen LogP contribution is -2.02. The fourth-order valence-electron chi connectivity index (χ4n) is 2.20. The van der Waals surface area contributed by atoms with Crippen LogP contribution in [0.5, 0.6) is 0 Å². The molecule has 0 saturated heterocycles. The molecule has 0 saturated carbocycles. The minimum Gasteiger partial charge on any atom is -0.340 e. The number of rotatable bonds is 4. The third-order valence-electron chi connectivity index (χ3n) is 3.26. The SMILES string of the molecule is Cc1nc(Nc2ccc(Cl)cc2)cc(Nc2ccccc2C#N)n1. The topological polar surface area (TPSA) is 73.6 Å². The number of nitrogens with zero attached hydrogens (tertiary/aromatic N) is 3. The van der Waals surface area contributed by atoms with Crippen LogP contribution in [0, 0.1) is 18.3 Å². The Labute approximate surface area is 145 Å². The van der Waals surface area contributed by atoms with E-state index in [-0.39, 0.29) is 0 Å². The van der Waals surface area contributed by atoms with Crippen LogP contribution < -0.4 is 10.6 Å². The Morgan fingerprint density at radius 2 is 1.62 bits per heavy atom. The van der Waals surface area contributed by atoms with Crippen LogP contribution >= 0.6 is 11.6 Å². The van der Waals surface area contributed by atoms with Crippen molar-refractivity contribution < 1.29 is 0 Å². The van der Waals surface area contributed by atoms with E-state index in [1.807, 2.05) is 37.3 Å². The number of para-hydroxylation sites is 1. The highest BCUT2D eigenvalue weighted by molar-refractivity contribution is 6.30. The van der Waals surface area contributed by atoms with E-state index in [4.69, 9.17) is 11.6 Å². The molecule has 0 spiro atoms. The van der Waals surface area contributed by atoms with Gasteiger partial charge in [-0.15, -0.1) is 0 Å². The van der Waals surface area contributed by atoms with Crippen molar-refractivity contribution in [2.24, 2.45) is 0 Å². The van der Waals surface area contributed by atoms with Gasteiger partial charge in [-0.1, -0.05) is 23.7 Å². The standard InChI is InChI=1S/C18H14ClN5/c1-12-21-17(23-15-8-6-14(19)7-9-15)10-18(22-12)24-16-5-3-2-4-13(16)11-20/h2-10H,1H3,(H2,21,22,23,24).